The van der Waals surface area contributed by atoms with Crippen LogP contribution in [-0.2, 0) is 0 Å². The van der Waals surface area contributed by atoms with E-state index in [1.54, 1.807) is 36.2 Å². The van der Waals surface area contributed by atoms with Gasteiger partial charge in [0.05, 0.1) is 0 Å². The predicted molar refractivity (Wildman–Crippen MR) is 83.9 cm³/mol. The third-order valence-corrected chi connectivity index (χ3v) is 3.71. The summed E-state index contributed by atoms with van der Waals surface area (Å²) in [4.78, 5) is 26.6. The van der Waals surface area contributed by atoms with Crippen molar-refractivity contribution >= 4 is 23.3 Å². The zero-order valence-corrected chi connectivity index (χ0v) is 12.9. The number of hydrogen-bond donors (Lipinski definition) is 1. The van der Waals surface area contributed by atoms with Gasteiger partial charge in [0, 0.05) is 31.4 Å². The first-order valence-corrected chi connectivity index (χ1v) is 7.47. The summed E-state index contributed by atoms with van der Waals surface area (Å²) in [6, 6.07) is 7.19. The first kappa shape index (κ1) is 14.7. The van der Waals surface area contributed by atoms with Gasteiger partial charge in [0.2, 0.25) is 0 Å². The van der Waals surface area contributed by atoms with Gasteiger partial charge in [-0.2, -0.15) is 0 Å². The Bertz CT molecular complexity index is 659. The van der Waals surface area contributed by atoms with Crippen molar-refractivity contribution < 1.29 is 4.79 Å². The minimum Gasteiger partial charge on any atom is -0.365 e. The first-order valence-electron chi connectivity index (χ1n) is 7.10. The summed E-state index contributed by atoms with van der Waals surface area (Å²) < 4.78 is 0. The Labute approximate surface area is 133 Å². The molecule has 1 atom stereocenters. The van der Waals surface area contributed by atoms with Gasteiger partial charge in [0.1, 0.15) is 22.5 Å². The Balaban J connectivity index is 1.64. The molecule has 1 aliphatic rings. The maximum atomic E-state index is 12.3. The molecule has 0 radical (unpaired) electrons. The van der Waals surface area contributed by atoms with Gasteiger partial charge in [-0.05, 0) is 25.5 Å². The van der Waals surface area contributed by atoms with Crippen LogP contribution < -0.4 is 5.32 Å². The highest BCUT2D eigenvalue weighted by Crippen LogP contribution is 2.18. The second-order valence-electron chi connectivity index (χ2n) is 5.22. The molecule has 1 saturated heterocycles. The molecule has 2 aromatic heterocycles. The average Bonchev–Trinajstić information content (AvgIpc) is 2.95. The smallest absolute Gasteiger partial charge is 0.272 e. The highest BCUT2D eigenvalue weighted by atomic mass is 35.5. The Hall–Kier alpha value is -2.21. The summed E-state index contributed by atoms with van der Waals surface area (Å²) in [7, 11) is 0. The molecule has 0 spiro atoms. The van der Waals surface area contributed by atoms with E-state index in [-0.39, 0.29) is 11.9 Å². The summed E-state index contributed by atoms with van der Waals surface area (Å²) in [6.45, 7) is 3.11. The molecule has 3 heterocycles. The number of likely N-dealkylation sites (tertiary alicyclic amines) is 1. The number of nitrogens with zero attached hydrogens (tertiary/aromatic N) is 4. The Morgan fingerprint density at radius 3 is 3.00 bits per heavy atom. The summed E-state index contributed by atoms with van der Waals surface area (Å²) in [5, 5.41) is 3.72. The third kappa shape index (κ3) is 3.33. The number of aromatic nitrogens is 3. The summed E-state index contributed by atoms with van der Waals surface area (Å²) in [5.74, 6) is 1.27. The number of carbonyl (C=O) groups excluding carboxylic acids is 1. The third-order valence-electron chi connectivity index (χ3n) is 3.52. The number of carbonyl (C=O) groups is 1. The van der Waals surface area contributed by atoms with Crippen molar-refractivity contribution in [1.29, 1.82) is 0 Å². The molecular weight excluding hydrogens is 302 g/mol. The number of pyridine rings is 1. The summed E-state index contributed by atoms with van der Waals surface area (Å²) in [5.41, 5.74) is 0.476. The van der Waals surface area contributed by atoms with Crippen LogP contribution in [0, 0.1) is 6.92 Å². The molecular formula is C15H16ClN5O. The lowest BCUT2D eigenvalue weighted by Gasteiger charge is -2.17. The maximum absolute atomic E-state index is 12.3. The fourth-order valence-corrected chi connectivity index (χ4v) is 2.75. The number of anilines is 1. The van der Waals surface area contributed by atoms with Crippen LogP contribution in [0.4, 0.5) is 5.82 Å². The van der Waals surface area contributed by atoms with Crippen LogP contribution in [0.2, 0.25) is 5.15 Å². The van der Waals surface area contributed by atoms with Crippen molar-refractivity contribution in [2.45, 2.75) is 19.4 Å². The molecule has 0 saturated carbocycles. The van der Waals surface area contributed by atoms with Crippen molar-refractivity contribution in [2.75, 3.05) is 18.4 Å². The van der Waals surface area contributed by atoms with Gasteiger partial charge in [-0.15, -0.1) is 0 Å². The molecule has 0 aliphatic carbocycles. The first-order chi connectivity index (χ1) is 10.6. The van der Waals surface area contributed by atoms with E-state index >= 15 is 0 Å². The number of nitrogens with one attached hydrogen (secondary N) is 1. The number of rotatable bonds is 3. The number of hydrogen-bond acceptors (Lipinski definition) is 5. The van der Waals surface area contributed by atoms with Gasteiger partial charge in [0.25, 0.3) is 5.91 Å². The van der Waals surface area contributed by atoms with Gasteiger partial charge in [-0.25, -0.2) is 9.97 Å². The molecule has 1 aliphatic heterocycles. The van der Waals surface area contributed by atoms with Crippen LogP contribution in [0.5, 0.6) is 0 Å². The van der Waals surface area contributed by atoms with Crippen LogP contribution in [0.15, 0.2) is 30.5 Å². The average molecular weight is 318 g/mol. The molecule has 1 N–H and O–H groups in total. The molecule has 2 aromatic rings. The molecule has 1 unspecified atom stereocenters. The van der Waals surface area contributed by atoms with Gasteiger partial charge in [0.15, 0.2) is 0 Å². The van der Waals surface area contributed by atoms with E-state index in [0.717, 1.165) is 6.42 Å². The fourth-order valence-electron chi connectivity index (χ4n) is 2.53. The number of halogens is 1. The van der Waals surface area contributed by atoms with E-state index in [4.69, 9.17) is 11.6 Å². The van der Waals surface area contributed by atoms with Crippen LogP contribution in [0.3, 0.4) is 0 Å². The van der Waals surface area contributed by atoms with E-state index in [2.05, 4.69) is 20.3 Å². The van der Waals surface area contributed by atoms with Crippen molar-refractivity contribution in [2.24, 2.45) is 0 Å². The summed E-state index contributed by atoms with van der Waals surface area (Å²) >= 11 is 5.93. The Morgan fingerprint density at radius 2 is 2.27 bits per heavy atom. The van der Waals surface area contributed by atoms with Crippen LogP contribution in [0.25, 0.3) is 0 Å². The molecule has 0 bridgehead atoms. The molecule has 6 nitrogen and oxygen atoms in total. The van der Waals surface area contributed by atoms with Gasteiger partial charge in [-0.3, -0.25) is 9.78 Å². The lowest BCUT2D eigenvalue weighted by atomic mass is 10.2. The standard InChI is InChI=1S/C15H16ClN5O/c1-10-18-13(16)8-14(19-10)20-11-5-7-21(9-11)15(22)12-4-2-3-6-17-12/h2-4,6,8,11H,5,7,9H2,1H3,(H,18,19,20). The zero-order chi connectivity index (χ0) is 15.5. The maximum Gasteiger partial charge on any atom is 0.272 e. The lowest BCUT2D eigenvalue weighted by Crippen LogP contribution is -2.32. The van der Waals surface area contributed by atoms with E-state index in [9.17, 15) is 4.79 Å². The van der Waals surface area contributed by atoms with E-state index in [1.165, 1.54) is 0 Å². The molecule has 0 aromatic carbocycles. The molecule has 22 heavy (non-hydrogen) atoms. The quantitative estimate of drug-likeness (QED) is 0.878. The van der Waals surface area contributed by atoms with E-state index in [1.807, 2.05) is 6.07 Å². The fraction of sp³-hybridized carbons (Fsp3) is 0.333. The second kappa shape index (κ2) is 6.27. The van der Waals surface area contributed by atoms with E-state index in [0.29, 0.717) is 35.6 Å². The molecule has 3 rings (SSSR count). The Kier molecular flexibility index (Phi) is 4.20. The molecule has 1 amide bonds. The van der Waals surface area contributed by atoms with Crippen molar-refractivity contribution in [3.05, 3.63) is 47.1 Å². The largest absolute Gasteiger partial charge is 0.365 e. The van der Waals surface area contributed by atoms with Crippen LogP contribution >= 0.6 is 11.6 Å². The van der Waals surface area contributed by atoms with E-state index < -0.39 is 0 Å². The van der Waals surface area contributed by atoms with Crippen LogP contribution in [0.1, 0.15) is 22.7 Å². The highest BCUT2D eigenvalue weighted by molar-refractivity contribution is 6.29. The Morgan fingerprint density at radius 1 is 1.41 bits per heavy atom. The van der Waals surface area contributed by atoms with Gasteiger partial charge in [-0.1, -0.05) is 17.7 Å². The molecule has 114 valence electrons. The van der Waals surface area contributed by atoms with Crippen molar-refractivity contribution in [3.8, 4) is 0 Å². The SMILES string of the molecule is Cc1nc(Cl)cc(NC2CCN(C(=O)c3ccccn3)C2)n1. The van der Waals surface area contributed by atoms with Gasteiger partial charge < -0.3 is 10.2 Å². The number of aryl methyl sites for hydroxylation is 1. The topological polar surface area (TPSA) is 71.0 Å². The highest BCUT2D eigenvalue weighted by Gasteiger charge is 2.27. The summed E-state index contributed by atoms with van der Waals surface area (Å²) in [6.07, 6.45) is 2.49. The monoisotopic (exact) mass is 317 g/mol. The van der Waals surface area contributed by atoms with Crippen molar-refractivity contribution in [3.63, 3.8) is 0 Å². The minimum absolute atomic E-state index is 0.0400. The minimum atomic E-state index is -0.0400. The zero-order valence-electron chi connectivity index (χ0n) is 12.2. The molecule has 1 fully saturated rings. The predicted octanol–water partition coefficient (Wildman–Crippen LogP) is 2.16. The van der Waals surface area contributed by atoms with Crippen LogP contribution in [-0.4, -0.2) is 44.9 Å². The van der Waals surface area contributed by atoms with Gasteiger partial charge >= 0.3 is 0 Å². The normalized spacial score (nSPS) is 17.5. The number of amides is 1. The van der Waals surface area contributed by atoms with Crippen molar-refractivity contribution in [1.82, 2.24) is 19.9 Å². The second-order valence-corrected chi connectivity index (χ2v) is 5.61. The lowest BCUT2D eigenvalue weighted by molar-refractivity contribution is 0.0786. The molecule has 7 heteroatoms.